The summed E-state index contributed by atoms with van der Waals surface area (Å²) in [7, 11) is 1.50. The van der Waals surface area contributed by atoms with Gasteiger partial charge in [0.2, 0.25) is 5.91 Å². The van der Waals surface area contributed by atoms with Gasteiger partial charge in [0.05, 0.1) is 0 Å². The topological polar surface area (TPSA) is 113 Å². The van der Waals surface area contributed by atoms with Gasteiger partial charge in [0.15, 0.2) is 6.10 Å². The van der Waals surface area contributed by atoms with Crippen LogP contribution in [0.1, 0.15) is 22.0 Å². The fourth-order valence-electron chi connectivity index (χ4n) is 1.31. The first kappa shape index (κ1) is 13.1. The number of rotatable bonds is 4. The molecule has 1 aromatic rings. The number of carbonyl (C=O) groups is 2. The minimum absolute atomic E-state index is 0.263. The summed E-state index contributed by atoms with van der Waals surface area (Å²) in [6.07, 6.45) is -3.06. The molecule has 0 fully saturated rings. The smallest absolute Gasteiger partial charge is 0.251 e. The Hall–Kier alpha value is -1.92. The maximum Gasteiger partial charge on any atom is 0.251 e. The minimum atomic E-state index is -1.67. The van der Waals surface area contributed by atoms with E-state index < -0.39 is 18.1 Å². The molecule has 6 heteroatoms. The molecule has 0 radical (unpaired) electrons. The van der Waals surface area contributed by atoms with Crippen LogP contribution < -0.4 is 11.1 Å². The van der Waals surface area contributed by atoms with E-state index in [-0.39, 0.29) is 5.91 Å². The van der Waals surface area contributed by atoms with Crippen molar-refractivity contribution >= 4 is 11.8 Å². The SMILES string of the molecule is CNC(=O)c1ccc(C(O)C(O)C(N)=O)cc1. The van der Waals surface area contributed by atoms with Gasteiger partial charge in [-0.3, -0.25) is 9.59 Å². The van der Waals surface area contributed by atoms with Gasteiger partial charge < -0.3 is 21.3 Å². The zero-order valence-corrected chi connectivity index (χ0v) is 9.25. The average Bonchev–Trinajstić information content (AvgIpc) is 2.36. The number of benzene rings is 1. The Morgan fingerprint density at radius 2 is 1.76 bits per heavy atom. The van der Waals surface area contributed by atoms with E-state index >= 15 is 0 Å². The van der Waals surface area contributed by atoms with Gasteiger partial charge in [-0.2, -0.15) is 0 Å². The molecule has 6 nitrogen and oxygen atoms in total. The summed E-state index contributed by atoms with van der Waals surface area (Å²) in [4.78, 5) is 21.9. The zero-order chi connectivity index (χ0) is 13.0. The first-order valence-corrected chi connectivity index (χ1v) is 4.95. The molecule has 5 N–H and O–H groups in total. The van der Waals surface area contributed by atoms with Crippen LogP contribution in [0, 0.1) is 0 Å². The van der Waals surface area contributed by atoms with Crippen molar-refractivity contribution in [3.63, 3.8) is 0 Å². The monoisotopic (exact) mass is 238 g/mol. The van der Waals surface area contributed by atoms with E-state index in [1.165, 1.54) is 31.3 Å². The molecule has 2 amide bonds. The van der Waals surface area contributed by atoms with Crippen molar-refractivity contribution < 1.29 is 19.8 Å². The Bertz CT molecular complexity index is 416. The first-order chi connectivity index (χ1) is 7.97. The van der Waals surface area contributed by atoms with Crippen LogP contribution in [0.2, 0.25) is 0 Å². The number of carbonyl (C=O) groups excluding carboxylic acids is 2. The Labute approximate surface area is 98.1 Å². The van der Waals surface area contributed by atoms with E-state index in [1.807, 2.05) is 0 Å². The summed E-state index contributed by atoms with van der Waals surface area (Å²) in [6, 6.07) is 5.85. The second-order valence-electron chi connectivity index (χ2n) is 3.49. The van der Waals surface area contributed by atoms with E-state index in [2.05, 4.69) is 5.32 Å². The second kappa shape index (κ2) is 5.42. The Balaban J connectivity index is 2.87. The molecule has 0 aromatic heterocycles. The summed E-state index contributed by atoms with van der Waals surface area (Å²) in [6.45, 7) is 0. The summed E-state index contributed by atoms with van der Waals surface area (Å²) < 4.78 is 0. The lowest BCUT2D eigenvalue weighted by Gasteiger charge is -2.15. The Morgan fingerprint density at radius 1 is 1.24 bits per heavy atom. The molecule has 0 aliphatic heterocycles. The van der Waals surface area contributed by atoms with Gasteiger partial charge in [-0.25, -0.2) is 0 Å². The second-order valence-corrected chi connectivity index (χ2v) is 3.49. The van der Waals surface area contributed by atoms with Crippen LogP contribution in [0.5, 0.6) is 0 Å². The van der Waals surface area contributed by atoms with Crippen LogP contribution in [0.3, 0.4) is 0 Å². The third-order valence-corrected chi connectivity index (χ3v) is 2.33. The van der Waals surface area contributed by atoms with Gasteiger partial charge in [-0.15, -0.1) is 0 Å². The lowest BCUT2D eigenvalue weighted by Crippen LogP contribution is -2.33. The van der Waals surface area contributed by atoms with Crippen molar-refractivity contribution in [3.8, 4) is 0 Å². The summed E-state index contributed by atoms with van der Waals surface area (Å²) in [5.41, 5.74) is 5.58. The number of aliphatic hydroxyl groups is 2. The Kier molecular flexibility index (Phi) is 4.19. The van der Waals surface area contributed by atoms with Crippen molar-refractivity contribution in [2.24, 2.45) is 5.73 Å². The summed E-state index contributed by atoms with van der Waals surface area (Å²) in [5, 5.41) is 21.3. The van der Waals surface area contributed by atoms with Gasteiger partial charge in [-0.1, -0.05) is 12.1 Å². The zero-order valence-electron chi connectivity index (χ0n) is 9.25. The van der Waals surface area contributed by atoms with Crippen molar-refractivity contribution in [3.05, 3.63) is 35.4 Å². The summed E-state index contributed by atoms with van der Waals surface area (Å²) >= 11 is 0. The van der Waals surface area contributed by atoms with Crippen LogP contribution in [-0.4, -0.2) is 35.2 Å². The molecule has 0 spiro atoms. The van der Waals surface area contributed by atoms with Crippen LogP contribution in [0.4, 0.5) is 0 Å². The molecular formula is C11H14N2O4. The normalized spacial score (nSPS) is 13.8. The van der Waals surface area contributed by atoms with Crippen LogP contribution >= 0.6 is 0 Å². The molecule has 17 heavy (non-hydrogen) atoms. The highest BCUT2D eigenvalue weighted by Gasteiger charge is 2.23. The quantitative estimate of drug-likeness (QED) is 0.534. The number of nitrogens with one attached hydrogen (secondary N) is 1. The van der Waals surface area contributed by atoms with Gasteiger partial charge in [0.1, 0.15) is 6.10 Å². The molecule has 1 aromatic carbocycles. The number of hydrogen-bond donors (Lipinski definition) is 4. The predicted molar refractivity (Wildman–Crippen MR) is 60.0 cm³/mol. The van der Waals surface area contributed by atoms with E-state index in [0.29, 0.717) is 11.1 Å². The average molecular weight is 238 g/mol. The van der Waals surface area contributed by atoms with E-state index in [4.69, 9.17) is 5.73 Å². The van der Waals surface area contributed by atoms with Crippen molar-refractivity contribution in [1.29, 1.82) is 0 Å². The van der Waals surface area contributed by atoms with Gasteiger partial charge in [-0.05, 0) is 17.7 Å². The minimum Gasteiger partial charge on any atom is -0.385 e. The molecule has 2 unspecified atom stereocenters. The van der Waals surface area contributed by atoms with Gasteiger partial charge >= 0.3 is 0 Å². The van der Waals surface area contributed by atoms with Crippen molar-refractivity contribution in [2.45, 2.75) is 12.2 Å². The third kappa shape index (κ3) is 3.02. The number of amides is 2. The largest absolute Gasteiger partial charge is 0.385 e. The molecule has 2 atom stereocenters. The van der Waals surface area contributed by atoms with Crippen molar-refractivity contribution in [1.82, 2.24) is 5.32 Å². The Morgan fingerprint density at radius 3 is 2.18 bits per heavy atom. The maximum absolute atomic E-state index is 11.2. The molecule has 0 heterocycles. The standard InChI is InChI=1S/C11H14N2O4/c1-13-11(17)7-4-2-6(3-5-7)8(14)9(15)10(12)16/h2-5,8-9,14-15H,1H3,(H2,12,16)(H,13,17). The number of aliphatic hydroxyl groups excluding tert-OH is 2. The highest BCUT2D eigenvalue weighted by Crippen LogP contribution is 2.17. The molecule has 0 bridgehead atoms. The van der Waals surface area contributed by atoms with Gasteiger partial charge in [0.25, 0.3) is 5.91 Å². The molecule has 1 rings (SSSR count). The fraction of sp³-hybridized carbons (Fsp3) is 0.273. The molecule has 0 aliphatic rings. The lowest BCUT2D eigenvalue weighted by molar-refractivity contribution is -0.131. The molecule has 0 saturated heterocycles. The van der Waals surface area contributed by atoms with E-state index in [1.54, 1.807) is 0 Å². The number of primary amides is 1. The molecular weight excluding hydrogens is 224 g/mol. The number of hydrogen-bond acceptors (Lipinski definition) is 4. The fourth-order valence-corrected chi connectivity index (χ4v) is 1.31. The van der Waals surface area contributed by atoms with E-state index in [0.717, 1.165) is 0 Å². The van der Waals surface area contributed by atoms with E-state index in [9.17, 15) is 19.8 Å². The lowest BCUT2D eigenvalue weighted by atomic mass is 10.0. The van der Waals surface area contributed by atoms with Crippen molar-refractivity contribution in [2.75, 3.05) is 7.05 Å². The van der Waals surface area contributed by atoms with Gasteiger partial charge in [0, 0.05) is 12.6 Å². The first-order valence-electron chi connectivity index (χ1n) is 4.95. The highest BCUT2D eigenvalue weighted by atomic mass is 16.3. The predicted octanol–water partition coefficient (Wildman–Crippen LogP) is -1.07. The molecule has 92 valence electrons. The van der Waals surface area contributed by atoms with Crippen LogP contribution in [-0.2, 0) is 4.79 Å². The third-order valence-electron chi connectivity index (χ3n) is 2.33. The maximum atomic E-state index is 11.2. The van der Waals surface area contributed by atoms with Crippen LogP contribution in [0.25, 0.3) is 0 Å². The molecule has 0 aliphatic carbocycles. The number of nitrogens with two attached hydrogens (primary N) is 1. The summed E-state index contributed by atoms with van der Waals surface area (Å²) in [5.74, 6) is -1.27. The van der Waals surface area contributed by atoms with Crippen LogP contribution in [0.15, 0.2) is 24.3 Å². The highest BCUT2D eigenvalue weighted by molar-refractivity contribution is 5.94. The molecule has 0 saturated carbocycles.